The fourth-order valence-corrected chi connectivity index (χ4v) is 2.68. The standard InChI is InChI=1S/C17H14BrN3O/c1-21(2)17(22)12-5-3-4-11(8-12)16-14-9-13(18)6-7-15(14)19-10-20-16/h3-10H,1-2H3. The maximum absolute atomic E-state index is 12.1. The van der Waals surface area contributed by atoms with E-state index in [1.807, 2.05) is 42.5 Å². The van der Waals surface area contributed by atoms with Gasteiger partial charge in [0.15, 0.2) is 0 Å². The number of nitrogens with zero attached hydrogens (tertiary/aromatic N) is 3. The summed E-state index contributed by atoms with van der Waals surface area (Å²) in [5, 5.41) is 0.950. The molecule has 4 nitrogen and oxygen atoms in total. The third-order valence-electron chi connectivity index (χ3n) is 3.39. The van der Waals surface area contributed by atoms with Gasteiger partial charge >= 0.3 is 0 Å². The molecule has 0 aliphatic carbocycles. The van der Waals surface area contributed by atoms with E-state index in [1.54, 1.807) is 25.3 Å². The van der Waals surface area contributed by atoms with Crippen LogP contribution in [0.4, 0.5) is 0 Å². The van der Waals surface area contributed by atoms with E-state index in [2.05, 4.69) is 25.9 Å². The van der Waals surface area contributed by atoms with Gasteiger partial charge in [-0.25, -0.2) is 9.97 Å². The molecule has 3 rings (SSSR count). The number of carbonyl (C=O) groups is 1. The Labute approximate surface area is 136 Å². The van der Waals surface area contributed by atoms with Crippen LogP contribution in [-0.2, 0) is 0 Å². The van der Waals surface area contributed by atoms with Crippen molar-refractivity contribution in [2.24, 2.45) is 0 Å². The van der Waals surface area contributed by atoms with Crippen molar-refractivity contribution in [2.45, 2.75) is 0 Å². The Morgan fingerprint density at radius 2 is 1.91 bits per heavy atom. The molecule has 0 saturated heterocycles. The van der Waals surface area contributed by atoms with Crippen LogP contribution in [0.25, 0.3) is 22.2 Å². The Morgan fingerprint density at radius 3 is 2.68 bits per heavy atom. The van der Waals surface area contributed by atoms with Gasteiger partial charge in [0.05, 0.1) is 11.2 Å². The SMILES string of the molecule is CN(C)C(=O)c1cccc(-c2ncnc3ccc(Br)cc23)c1. The van der Waals surface area contributed by atoms with Gasteiger partial charge < -0.3 is 4.90 Å². The molecule has 1 amide bonds. The molecule has 0 N–H and O–H groups in total. The zero-order valence-electron chi connectivity index (χ0n) is 12.2. The molecule has 1 heterocycles. The summed E-state index contributed by atoms with van der Waals surface area (Å²) in [5.74, 6) is -0.0265. The van der Waals surface area contributed by atoms with Crippen LogP contribution < -0.4 is 0 Å². The minimum Gasteiger partial charge on any atom is -0.345 e. The highest BCUT2D eigenvalue weighted by Gasteiger charge is 2.11. The van der Waals surface area contributed by atoms with Gasteiger partial charge in [0.1, 0.15) is 6.33 Å². The van der Waals surface area contributed by atoms with Crippen LogP contribution in [0.1, 0.15) is 10.4 Å². The van der Waals surface area contributed by atoms with Crippen molar-refractivity contribution in [3.8, 4) is 11.3 Å². The van der Waals surface area contributed by atoms with Crippen molar-refractivity contribution >= 4 is 32.7 Å². The van der Waals surface area contributed by atoms with E-state index in [1.165, 1.54) is 0 Å². The van der Waals surface area contributed by atoms with Crippen molar-refractivity contribution in [1.82, 2.24) is 14.9 Å². The monoisotopic (exact) mass is 355 g/mol. The number of hydrogen-bond acceptors (Lipinski definition) is 3. The van der Waals surface area contributed by atoms with Crippen molar-refractivity contribution < 1.29 is 4.79 Å². The smallest absolute Gasteiger partial charge is 0.253 e. The molecule has 2 aromatic carbocycles. The van der Waals surface area contributed by atoms with E-state index in [4.69, 9.17) is 0 Å². The second-order valence-corrected chi connectivity index (χ2v) is 6.08. The molecule has 0 radical (unpaired) electrons. The quantitative estimate of drug-likeness (QED) is 0.702. The summed E-state index contributed by atoms with van der Waals surface area (Å²) < 4.78 is 0.969. The largest absolute Gasteiger partial charge is 0.345 e. The molecule has 0 aliphatic rings. The fourth-order valence-electron chi connectivity index (χ4n) is 2.32. The number of carbonyl (C=O) groups excluding carboxylic acids is 1. The Bertz CT molecular complexity index is 861. The lowest BCUT2D eigenvalue weighted by Gasteiger charge is -2.11. The number of aromatic nitrogens is 2. The fraction of sp³-hybridized carbons (Fsp3) is 0.118. The van der Waals surface area contributed by atoms with Gasteiger partial charge in [0.25, 0.3) is 5.91 Å². The topological polar surface area (TPSA) is 46.1 Å². The lowest BCUT2D eigenvalue weighted by molar-refractivity contribution is 0.0827. The van der Waals surface area contributed by atoms with Gasteiger partial charge in [-0.3, -0.25) is 4.79 Å². The third kappa shape index (κ3) is 2.72. The first-order valence-electron chi connectivity index (χ1n) is 6.78. The Morgan fingerprint density at radius 1 is 1.09 bits per heavy atom. The lowest BCUT2D eigenvalue weighted by atomic mass is 10.0. The Kier molecular flexibility index (Phi) is 3.90. The molecule has 0 aliphatic heterocycles. The summed E-state index contributed by atoms with van der Waals surface area (Å²) in [6.45, 7) is 0. The summed E-state index contributed by atoms with van der Waals surface area (Å²) >= 11 is 3.48. The van der Waals surface area contributed by atoms with E-state index in [0.29, 0.717) is 5.56 Å². The molecule has 5 heteroatoms. The molecular weight excluding hydrogens is 342 g/mol. The first kappa shape index (κ1) is 14.7. The average Bonchev–Trinajstić information content (AvgIpc) is 2.53. The van der Waals surface area contributed by atoms with Crippen LogP contribution in [0.3, 0.4) is 0 Å². The molecule has 0 saturated carbocycles. The van der Waals surface area contributed by atoms with Crippen LogP contribution in [-0.4, -0.2) is 34.9 Å². The molecule has 3 aromatic rings. The highest BCUT2D eigenvalue weighted by molar-refractivity contribution is 9.10. The minimum atomic E-state index is -0.0265. The van der Waals surface area contributed by atoms with E-state index in [-0.39, 0.29) is 5.91 Å². The van der Waals surface area contributed by atoms with Crippen molar-refractivity contribution in [3.05, 3.63) is 58.8 Å². The number of hydrogen-bond donors (Lipinski definition) is 0. The molecular formula is C17H14BrN3O. The van der Waals surface area contributed by atoms with Crippen LogP contribution in [0.5, 0.6) is 0 Å². The predicted octanol–water partition coefficient (Wildman–Crippen LogP) is 3.76. The van der Waals surface area contributed by atoms with Gasteiger partial charge in [-0.05, 0) is 30.3 Å². The maximum Gasteiger partial charge on any atom is 0.253 e. The van der Waals surface area contributed by atoms with Gasteiger partial charge in [-0.15, -0.1) is 0 Å². The molecule has 22 heavy (non-hydrogen) atoms. The molecule has 0 bridgehead atoms. The van der Waals surface area contributed by atoms with Crippen molar-refractivity contribution in [1.29, 1.82) is 0 Å². The summed E-state index contributed by atoms with van der Waals surface area (Å²) in [7, 11) is 3.48. The second kappa shape index (κ2) is 5.85. The first-order chi connectivity index (χ1) is 10.6. The van der Waals surface area contributed by atoms with Crippen LogP contribution in [0.2, 0.25) is 0 Å². The lowest BCUT2D eigenvalue weighted by Crippen LogP contribution is -2.21. The van der Waals surface area contributed by atoms with Gasteiger partial charge in [-0.1, -0.05) is 28.1 Å². The first-order valence-corrected chi connectivity index (χ1v) is 7.58. The Hall–Kier alpha value is -2.27. The summed E-state index contributed by atoms with van der Waals surface area (Å²) in [6, 6.07) is 13.4. The van der Waals surface area contributed by atoms with E-state index < -0.39 is 0 Å². The van der Waals surface area contributed by atoms with E-state index >= 15 is 0 Å². The molecule has 0 fully saturated rings. The third-order valence-corrected chi connectivity index (χ3v) is 3.88. The Balaban J connectivity index is 2.18. The van der Waals surface area contributed by atoms with E-state index in [9.17, 15) is 4.79 Å². The summed E-state index contributed by atoms with van der Waals surface area (Å²) in [6.07, 6.45) is 1.55. The summed E-state index contributed by atoms with van der Waals surface area (Å²) in [5.41, 5.74) is 3.24. The normalized spacial score (nSPS) is 10.7. The molecule has 0 spiro atoms. The second-order valence-electron chi connectivity index (χ2n) is 5.16. The van der Waals surface area contributed by atoms with Gasteiger partial charge in [-0.2, -0.15) is 0 Å². The van der Waals surface area contributed by atoms with Crippen LogP contribution >= 0.6 is 15.9 Å². The predicted molar refractivity (Wildman–Crippen MR) is 90.7 cm³/mol. The number of rotatable bonds is 2. The van der Waals surface area contributed by atoms with Crippen LogP contribution in [0, 0.1) is 0 Å². The van der Waals surface area contributed by atoms with Crippen molar-refractivity contribution in [3.63, 3.8) is 0 Å². The summed E-state index contributed by atoms with van der Waals surface area (Å²) in [4.78, 5) is 22.4. The molecule has 0 unspecified atom stereocenters. The van der Waals surface area contributed by atoms with Gasteiger partial charge in [0.2, 0.25) is 0 Å². The average molecular weight is 356 g/mol. The zero-order chi connectivity index (χ0) is 15.7. The van der Waals surface area contributed by atoms with Crippen molar-refractivity contribution in [2.75, 3.05) is 14.1 Å². The molecule has 110 valence electrons. The number of benzene rings is 2. The number of fused-ring (bicyclic) bond motifs is 1. The highest BCUT2D eigenvalue weighted by Crippen LogP contribution is 2.28. The minimum absolute atomic E-state index is 0.0265. The number of amides is 1. The van der Waals surface area contributed by atoms with E-state index in [0.717, 1.165) is 26.6 Å². The zero-order valence-corrected chi connectivity index (χ0v) is 13.8. The molecule has 1 aromatic heterocycles. The van der Waals surface area contributed by atoms with Crippen LogP contribution in [0.15, 0.2) is 53.3 Å². The molecule has 0 atom stereocenters. The number of halogens is 1. The highest BCUT2D eigenvalue weighted by atomic mass is 79.9. The maximum atomic E-state index is 12.1. The van der Waals surface area contributed by atoms with Gasteiger partial charge in [0, 0.05) is 35.1 Å².